The molecule has 0 fully saturated rings. The summed E-state index contributed by atoms with van der Waals surface area (Å²) in [5.41, 5.74) is 2.69. The molecule has 0 atom stereocenters. The smallest absolute Gasteiger partial charge is 0.251 e. The standard InChI is InChI=1S/C31H41N5O3/c1-24(2)30-33-16-18-36(30)17-9-15-34-31(38)26-12-13-27-22-35(21-25-10-5-3-6-11-25)23-29(37)32-14-7-4-8-19-39-28(27)20-26/h3,5-6,10-13,16,18,20,24H,4,7-9,14-15,17,19,21-23H2,1-2H3,(H,32,37)(H,34,38). The number of hydrogen-bond acceptors (Lipinski definition) is 5. The number of nitrogens with zero attached hydrogens (tertiary/aromatic N) is 3. The minimum Gasteiger partial charge on any atom is -0.493 e. The molecule has 8 heteroatoms. The van der Waals surface area contributed by atoms with Gasteiger partial charge in [0.1, 0.15) is 11.6 Å². The Labute approximate surface area is 231 Å². The molecule has 208 valence electrons. The predicted octanol–water partition coefficient (Wildman–Crippen LogP) is 4.51. The number of ether oxygens (including phenoxy) is 1. The van der Waals surface area contributed by atoms with Crippen LogP contribution in [0.5, 0.6) is 5.75 Å². The summed E-state index contributed by atoms with van der Waals surface area (Å²) in [6.07, 6.45) is 7.42. The van der Waals surface area contributed by atoms with Gasteiger partial charge in [0, 0.05) is 62.2 Å². The van der Waals surface area contributed by atoms with E-state index in [1.54, 1.807) is 0 Å². The van der Waals surface area contributed by atoms with E-state index in [1.807, 2.05) is 48.8 Å². The number of rotatable bonds is 8. The molecule has 4 rings (SSSR count). The average molecular weight is 532 g/mol. The van der Waals surface area contributed by atoms with Crippen molar-refractivity contribution in [3.63, 3.8) is 0 Å². The Morgan fingerprint density at radius 1 is 1.10 bits per heavy atom. The van der Waals surface area contributed by atoms with Crippen molar-refractivity contribution in [2.75, 3.05) is 26.2 Å². The Bertz CT molecular complexity index is 1210. The summed E-state index contributed by atoms with van der Waals surface area (Å²) in [4.78, 5) is 32.2. The van der Waals surface area contributed by atoms with Gasteiger partial charge in [-0.05, 0) is 43.4 Å². The summed E-state index contributed by atoms with van der Waals surface area (Å²) in [5, 5.41) is 6.10. The van der Waals surface area contributed by atoms with Gasteiger partial charge in [0.05, 0.1) is 13.2 Å². The second-order valence-electron chi connectivity index (χ2n) is 10.5. The molecular formula is C31H41N5O3. The van der Waals surface area contributed by atoms with Crippen molar-refractivity contribution >= 4 is 11.8 Å². The first kappa shape index (κ1) is 28.4. The molecule has 0 saturated heterocycles. The highest BCUT2D eigenvalue weighted by Gasteiger charge is 2.17. The van der Waals surface area contributed by atoms with Crippen molar-refractivity contribution in [3.8, 4) is 5.75 Å². The first-order chi connectivity index (χ1) is 19.0. The maximum absolute atomic E-state index is 13.0. The molecule has 2 aromatic carbocycles. The predicted molar refractivity (Wildman–Crippen MR) is 153 cm³/mol. The number of carbonyl (C=O) groups excluding carboxylic acids is 2. The minimum absolute atomic E-state index is 0.0276. The Hall–Kier alpha value is -3.65. The molecule has 0 unspecified atom stereocenters. The summed E-state index contributed by atoms with van der Waals surface area (Å²) in [5.74, 6) is 2.05. The van der Waals surface area contributed by atoms with Crippen LogP contribution in [-0.4, -0.2) is 52.5 Å². The summed E-state index contributed by atoms with van der Waals surface area (Å²) in [6.45, 7) is 8.39. The molecule has 0 radical (unpaired) electrons. The molecule has 2 N–H and O–H groups in total. The van der Waals surface area contributed by atoms with Crippen molar-refractivity contribution < 1.29 is 14.3 Å². The molecule has 2 amide bonds. The van der Waals surface area contributed by atoms with E-state index in [-0.39, 0.29) is 11.8 Å². The number of fused-ring (bicyclic) bond motifs is 1. The molecule has 39 heavy (non-hydrogen) atoms. The molecule has 3 aromatic rings. The number of aryl methyl sites for hydroxylation is 1. The number of imidazole rings is 1. The fourth-order valence-electron chi connectivity index (χ4n) is 4.85. The van der Waals surface area contributed by atoms with Crippen LogP contribution in [0.4, 0.5) is 0 Å². The summed E-state index contributed by atoms with van der Waals surface area (Å²) < 4.78 is 8.35. The van der Waals surface area contributed by atoms with E-state index < -0.39 is 0 Å². The van der Waals surface area contributed by atoms with Crippen molar-refractivity contribution in [3.05, 3.63) is 83.4 Å². The van der Waals surface area contributed by atoms with Crippen molar-refractivity contribution in [1.82, 2.24) is 25.1 Å². The SMILES string of the molecule is CC(C)c1nccn1CCCNC(=O)c1ccc2c(c1)OCCCCCNC(=O)CN(Cc1ccccc1)C2. The van der Waals surface area contributed by atoms with Gasteiger partial charge in [-0.25, -0.2) is 4.98 Å². The van der Waals surface area contributed by atoms with Gasteiger partial charge in [-0.15, -0.1) is 0 Å². The van der Waals surface area contributed by atoms with Crippen LogP contribution in [0.2, 0.25) is 0 Å². The highest BCUT2D eigenvalue weighted by molar-refractivity contribution is 5.94. The third-order valence-corrected chi connectivity index (χ3v) is 6.87. The number of benzene rings is 2. The lowest BCUT2D eigenvalue weighted by atomic mass is 10.1. The first-order valence-electron chi connectivity index (χ1n) is 14.1. The van der Waals surface area contributed by atoms with E-state index in [4.69, 9.17) is 4.74 Å². The number of aromatic nitrogens is 2. The van der Waals surface area contributed by atoms with Gasteiger partial charge in [-0.2, -0.15) is 0 Å². The lowest BCUT2D eigenvalue weighted by Gasteiger charge is -2.23. The zero-order valence-electron chi connectivity index (χ0n) is 23.2. The van der Waals surface area contributed by atoms with Gasteiger partial charge in [-0.1, -0.05) is 50.2 Å². The van der Waals surface area contributed by atoms with E-state index in [9.17, 15) is 9.59 Å². The Balaban J connectivity index is 1.43. The van der Waals surface area contributed by atoms with Crippen molar-refractivity contribution in [2.45, 2.75) is 65.1 Å². The topological polar surface area (TPSA) is 88.5 Å². The third kappa shape index (κ3) is 8.68. The molecule has 0 aliphatic carbocycles. The van der Waals surface area contributed by atoms with Gasteiger partial charge in [0.25, 0.3) is 5.91 Å². The molecule has 2 heterocycles. The van der Waals surface area contributed by atoms with E-state index >= 15 is 0 Å². The van der Waals surface area contributed by atoms with E-state index in [0.29, 0.717) is 56.6 Å². The van der Waals surface area contributed by atoms with Gasteiger partial charge in [0.2, 0.25) is 5.91 Å². The zero-order chi connectivity index (χ0) is 27.5. The number of carbonyl (C=O) groups is 2. The monoisotopic (exact) mass is 531 g/mol. The molecular weight excluding hydrogens is 490 g/mol. The highest BCUT2D eigenvalue weighted by Crippen LogP contribution is 2.24. The van der Waals surface area contributed by atoms with Crippen LogP contribution in [0.25, 0.3) is 0 Å². The Morgan fingerprint density at radius 3 is 2.77 bits per heavy atom. The highest BCUT2D eigenvalue weighted by atomic mass is 16.5. The van der Waals surface area contributed by atoms with Crippen LogP contribution in [0.3, 0.4) is 0 Å². The fourth-order valence-corrected chi connectivity index (χ4v) is 4.85. The fraction of sp³-hybridized carbons (Fsp3) is 0.452. The normalized spacial score (nSPS) is 15.3. The van der Waals surface area contributed by atoms with Crippen molar-refractivity contribution in [1.29, 1.82) is 0 Å². The second kappa shape index (κ2) is 14.5. The van der Waals surface area contributed by atoms with Gasteiger partial charge >= 0.3 is 0 Å². The van der Waals surface area contributed by atoms with Gasteiger partial charge in [-0.3, -0.25) is 14.5 Å². The molecule has 0 bridgehead atoms. The third-order valence-electron chi connectivity index (χ3n) is 6.87. The molecule has 0 spiro atoms. The van der Waals surface area contributed by atoms with E-state index in [0.717, 1.165) is 49.2 Å². The molecule has 1 aromatic heterocycles. The summed E-state index contributed by atoms with van der Waals surface area (Å²) in [7, 11) is 0. The maximum atomic E-state index is 13.0. The van der Waals surface area contributed by atoms with Crippen LogP contribution in [0.15, 0.2) is 60.9 Å². The largest absolute Gasteiger partial charge is 0.493 e. The van der Waals surface area contributed by atoms with Gasteiger partial charge < -0.3 is 19.9 Å². The molecule has 0 saturated carbocycles. The lowest BCUT2D eigenvalue weighted by Crippen LogP contribution is -2.37. The second-order valence-corrected chi connectivity index (χ2v) is 10.5. The lowest BCUT2D eigenvalue weighted by molar-refractivity contribution is -0.122. The summed E-state index contributed by atoms with van der Waals surface area (Å²) in [6, 6.07) is 15.8. The number of hydrogen-bond donors (Lipinski definition) is 2. The number of nitrogens with one attached hydrogen (secondary N) is 2. The van der Waals surface area contributed by atoms with Crippen LogP contribution >= 0.6 is 0 Å². The molecule has 1 aliphatic heterocycles. The van der Waals surface area contributed by atoms with Gasteiger partial charge in [0.15, 0.2) is 0 Å². The minimum atomic E-state index is -0.112. The van der Waals surface area contributed by atoms with Crippen LogP contribution in [0.1, 0.15) is 72.8 Å². The van der Waals surface area contributed by atoms with Crippen LogP contribution in [-0.2, 0) is 24.4 Å². The van der Waals surface area contributed by atoms with Crippen LogP contribution < -0.4 is 15.4 Å². The molecule has 1 aliphatic rings. The average Bonchev–Trinajstić information content (AvgIpc) is 3.40. The van der Waals surface area contributed by atoms with Crippen molar-refractivity contribution in [2.24, 2.45) is 0 Å². The quantitative estimate of drug-likeness (QED) is 0.418. The first-order valence-corrected chi connectivity index (χ1v) is 14.1. The number of amides is 2. The van der Waals surface area contributed by atoms with E-state index in [1.165, 1.54) is 0 Å². The Morgan fingerprint density at radius 2 is 1.95 bits per heavy atom. The Kier molecular flexibility index (Phi) is 10.5. The molecule has 8 nitrogen and oxygen atoms in total. The maximum Gasteiger partial charge on any atom is 0.251 e. The van der Waals surface area contributed by atoms with Crippen LogP contribution in [0, 0.1) is 0 Å². The summed E-state index contributed by atoms with van der Waals surface area (Å²) >= 11 is 0. The van der Waals surface area contributed by atoms with E-state index in [2.05, 4.69) is 51.1 Å². The zero-order valence-corrected chi connectivity index (χ0v) is 23.2.